The van der Waals surface area contributed by atoms with E-state index in [2.05, 4.69) is 25.7 Å². The van der Waals surface area contributed by atoms with E-state index in [1.54, 1.807) is 0 Å². The first kappa shape index (κ1) is 12.3. The SMILES string of the molecule is CC1(C)C[C@@H]2C[C@@](C)(CN2C[C@H](O)CN)C1. The van der Waals surface area contributed by atoms with E-state index in [4.69, 9.17) is 5.73 Å². The normalized spacial score (nSPS) is 39.9. The minimum Gasteiger partial charge on any atom is -0.390 e. The van der Waals surface area contributed by atoms with E-state index in [0.29, 0.717) is 23.4 Å². The van der Waals surface area contributed by atoms with Crippen molar-refractivity contribution in [2.45, 2.75) is 52.2 Å². The first-order valence-corrected chi connectivity index (χ1v) is 6.46. The Morgan fingerprint density at radius 2 is 2.06 bits per heavy atom. The van der Waals surface area contributed by atoms with Gasteiger partial charge < -0.3 is 10.8 Å². The lowest BCUT2D eigenvalue weighted by Crippen LogP contribution is -2.40. The van der Waals surface area contributed by atoms with Crippen LogP contribution in [-0.4, -0.2) is 41.8 Å². The summed E-state index contributed by atoms with van der Waals surface area (Å²) in [6.07, 6.45) is 3.52. The molecule has 1 saturated carbocycles. The highest BCUT2D eigenvalue weighted by molar-refractivity contribution is 5.02. The van der Waals surface area contributed by atoms with Crippen LogP contribution in [0, 0.1) is 10.8 Å². The Hall–Kier alpha value is -0.120. The van der Waals surface area contributed by atoms with Crippen LogP contribution in [0.15, 0.2) is 0 Å². The molecule has 3 N–H and O–H groups in total. The minimum absolute atomic E-state index is 0.355. The smallest absolute Gasteiger partial charge is 0.0789 e. The molecule has 2 fully saturated rings. The van der Waals surface area contributed by atoms with Crippen molar-refractivity contribution in [3.63, 3.8) is 0 Å². The average Bonchev–Trinajstić information content (AvgIpc) is 2.35. The lowest BCUT2D eigenvalue weighted by Gasteiger charge is -2.40. The molecule has 0 amide bonds. The zero-order valence-electron chi connectivity index (χ0n) is 10.9. The minimum atomic E-state index is -0.355. The Labute approximate surface area is 99.0 Å². The molecule has 0 aromatic carbocycles. The van der Waals surface area contributed by atoms with Gasteiger partial charge in [0.05, 0.1) is 6.10 Å². The molecule has 1 aliphatic heterocycles. The lowest BCUT2D eigenvalue weighted by atomic mass is 9.65. The maximum atomic E-state index is 9.69. The quantitative estimate of drug-likeness (QED) is 0.760. The molecule has 3 nitrogen and oxygen atoms in total. The maximum absolute atomic E-state index is 9.69. The molecule has 2 aliphatic rings. The fourth-order valence-electron chi connectivity index (χ4n) is 4.14. The van der Waals surface area contributed by atoms with Gasteiger partial charge in [0.2, 0.25) is 0 Å². The predicted octanol–water partition coefficient (Wildman–Crippen LogP) is 1.21. The number of hydrogen-bond donors (Lipinski definition) is 2. The largest absolute Gasteiger partial charge is 0.390 e. The third-order valence-corrected chi connectivity index (χ3v) is 4.24. The fourth-order valence-corrected chi connectivity index (χ4v) is 4.14. The molecule has 3 atom stereocenters. The van der Waals surface area contributed by atoms with Gasteiger partial charge in [0.25, 0.3) is 0 Å². The molecule has 1 saturated heterocycles. The van der Waals surface area contributed by atoms with E-state index in [1.807, 2.05) is 0 Å². The first-order chi connectivity index (χ1) is 7.34. The summed E-state index contributed by atoms with van der Waals surface area (Å²) in [6.45, 7) is 9.42. The van der Waals surface area contributed by atoms with Crippen molar-refractivity contribution in [3.8, 4) is 0 Å². The molecule has 1 heterocycles. The van der Waals surface area contributed by atoms with Crippen molar-refractivity contribution in [3.05, 3.63) is 0 Å². The van der Waals surface area contributed by atoms with Crippen LogP contribution in [-0.2, 0) is 0 Å². The molecule has 0 spiro atoms. The lowest BCUT2D eigenvalue weighted by molar-refractivity contribution is 0.0962. The standard InChI is InChI=1S/C13H26N2O/c1-12(2)4-10-5-13(3,8-12)9-15(10)7-11(16)6-14/h10-11,16H,4-9,14H2,1-3H3/t10-,11-,13-/m1/s1. The van der Waals surface area contributed by atoms with Crippen LogP contribution in [0.1, 0.15) is 40.0 Å². The van der Waals surface area contributed by atoms with Crippen LogP contribution >= 0.6 is 0 Å². The van der Waals surface area contributed by atoms with Crippen molar-refractivity contribution in [2.24, 2.45) is 16.6 Å². The van der Waals surface area contributed by atoms with E-state index in [9.17, 15) is 5.11 Å². The topological polar surface area (TPSA) is 49.5 Å². The molecular weight excluding hydrogens is 200 g/mol. The van der Waals surface area contributed by atoms with Crippen LogP contribution in [0.3, 0.4) is 0 Å². The monoisotopic (exact) mass is 226 g/mol. The Balaban J connectivity index is 2.04. The highest BCUT2D eigenvalue weighted by Gasteiger charge is 2.49. The molecule has 16 heavy (non-hydrogen) atoms. The summed E-state index contributed by atoms with van der Waals surface area (Å²) in [4.78, 5) is 2.46. The average molecular weight is 226 g/mol. The zero-order chi connectivity index (χ0) is 12.0. The summed E-state index contributed by atoms with van der Waals surface area (Å²) < 4.78 is 0. The van der Waals surface area contributed by atoms with Crippen molar-refractivity contribution < 1.29 is 5.11 Å². The highest BCUT2D eigenvalue weighted by Crippen LogP contribution is 2.52. The van der Waals surface area contributed by atoms with Crippen LogP contribution in [0.5, 0.6) is 0 Å². The van der Waals surface area contributed by atoms with E-state index in [-0.39, 0.29) is 6.10 Å². The van der Waals surface area contributed by atoms with E-state index in [1.165, 1.54) is 19.3 Å². The van der Waals surface area contributed by atoms with Crippen molar-refractivity contribution in [1.29, 1.82) is 0 Å². The Morgan fingerprint density at radius 3 is 2.69 bits per heavy atom. The summed E-state index contributed by atoms with van der Waals surface area (Å²) in [7, 11) is 0. The Morgan fingerprint density at radius 1 is 1.38 bits per heavy atom. The zero-order valence-corrected chi connectivity index (χ0v) is 10.9. The van der Waals surface area contributed by atoms with E-state index < -0.39 is 0 Å². The van der Waals surface area contributed by atoms with Crippen molar-refractivity contribution in [1.82, 2.24) is 4.90 Å². The molecule has 2 bridgehead atoms. The van der Waals surface area contributed by atoms with Gasteiger partial charge >= 0.3 is 0 Å². The van der Waals surface area contributed by atoms with Gasteiger partial charge in [0.1, 0.15) is 0 Å². The molecular formula is C13H26N2O. The number of β-amino-alcohol motifs (C(OH)–C–C–N with tert-alkyl or cyclic N) is 1. The molecule has 0 radical (unpaired) electrons. The summed E-state index contributed by atoms with van der Waals surface area (Å²) in [5.74, 6) is 0. The number of nitrogens with two attached hydrogens (primary N) is 1. The van der Waals surface area contributed by atoms with Gasteiger partial charge in [0.15, 0.2) is 0 Å². The second-order valence-corrected chi connectivity index (χ2v) is 7.03. The van der Waals surface area contributed by atoms with Gasteiger partial charge in [-0.3, -0.25) is 4.90 Å². The van der Waals surface area contributed by atoms with Crippen LogP contribution in [0.4, 0.5) is 0 Å². The molecule has 3 heteroatoms. The molecule has 0 unspecified atom stereocenters. The van der Waals surface area contributed by atoms with Gasteiger partial charge in [0, 0.05) is 25.7 Å². The fraction of sp³-hybridized carbons (Fsp3) is 1.00. The summed E-state index contributed by atoms with van der Waals surface area (Å²) in [6, 6.07) is 0.662. The van der Waals surface area contributed by atoms with E-state index in [0.717, 1.165) is 13.1 Å². The molecule has 1 aliphatic carbocycles. The van der Waals surface area contributed by atoms with Crippen LogP contribution in [0.25, 0.3) is 0 Å². The van der Waals surface area contributed by atoms with Gasteiger partial charge in [-0.25, -0.2) is 0 Å². The number of nitrogens with zero attached hydrogens (tertiary/aromatic N) is 1. The van der Waals surface area contributed by atoms with Crippen molar-refractivity contribution in [2.75, 3.05) is 19.6 Å². The number of rotatable bonds is 3. The van der Waals surface area contributed by atoms with Gasteiger partial charge in [-0.1, -0.05) is 20.8 Å². The number of aliphatic hydroxyl groups is 1. The number of likely N-dealkylation sites (tertiary alicyclic amines) is 1. The second kappa shape index (κ2) is 3.97. The molecule has 94 valence electrons. The third kappa shape index (κ3) is 2.41. The summed E-state index contributed by atoms with van der Waals surface area (Å²) >= 11 is 0. The van der Waals surface area contributed by atoms with Crippen LogP contribution < -0.4 is 5.73 Å². The second-order valence-electron chi connectivity index (χ2n) is 7.03. The van der Waals surface area contributed by atoms with Crippen molar-refractivity contribution >= 4 is 0 Å². The van der Waals surface area contributed by atoms with Gasteiger partial charge in [-0.05, 0) is 30.1 Å². The molecule has 2 rings (SSSR count). The first-order valence-electron chi connectivity index (χ1n) is 6.46. The van der Waals surface area contributed by atoms with Gasteiger partial charge in [-0.15, -0.1) is 0 Å². The Kier molecular flexibility index (Phi) is 3.06. The summed E-state index contributed by atoms with van der Waals surface area (Å²) in [5, 5.41) is 9.69. The maximum Gasteiger partial charge on any atom is 0.0789 e. The highest BCUT2D eigenvalue weighted by atomic mass is 16.3. The third-order valence-electron chi connectivity index (χ3n) is 4.24. The van der Waals surface area contributed by atoms with Crippen LogP contribution in [0.2, 0.25) is 0 Å². The molecule has 0 aromatic rings. The Bertz CT molecular complexity index is 267. The molecule has 0 aromatic heterocycles. The van der Waals surface area contributed by atoms with E-state index >= 15 is 0 Å². The number of hydrogen-bond acceptors (Lipinski definition) is 3. The summed E-state index contributed by atoms with van der Waals surface area (Å²) in [5.41, 5.74) is 6.41. The van der Waals surface area contributed by atoms with Gasteiger partial charge in [-0.2, -0.15) is 0 Å². The predicted molar refractivity (Wildman–Crippen MR) is 66.2 cm³/mol. The number of aliphatic hydroxyl groups excluding tert-OH is 1. The number of fused-ring (bicyclic) bond motifs is 2.